The fourth-order valence-corrected chi connectivity index (χ4v) is 4.43. The van der Waals surface area contributed by atoms with Crippen molar-refractivity contribution in [1.29, 1.82) is 0 Å². The maximum absolute atomic E-state index is 6.20. The number of piperidine rings is 2. The first-order valence-electron chi connectivity index (χ1n) is 7.25. The Morgan fingerprint density at radius 1 is 1.25 bits per heavy atom. The van der Waals surface area contributed by atoms with Crippen LogP contribution in [-0.2, 0) is 0 Å². The first-order chi connectivity index (χ1) is 9.78. The van der Waals surface area contributed by atoms with Gasteiger partial charge in [0.05, 0.1) is 10.1 Å². The van der Waals surface area contributed by atoms with Crippen LogP contribution in [0.1, 0.15) is 32.1 Å². The van der Waals surface area contributed by atoms with Gasteiger partial charge in [0.1, 0.15) is 6.10 Å². The van der Waals surface area contributed by atoms with E-state index in [4.69, 9.17) is 16.3 Å². The third kappa shape index (κ3) is 2.41. The first-order valence-corrected chi connectivity index (χ1v) is 8.41. The molecule has 0 amide bonds. The standard InChI is InChI=1S/C15H17ClN2OS/c16-9-4-5-13-14(6-9)20-18-15(13)19-12-7-10-2-1-3-11(8-12)17-10/h4-6,10-12,17H,1-3,7-8H2. The van der Waals surface area contributed by atoms with Crippen LogP contribution in [0.15, 0.2) is 18.2 Å². The largest absolute Gasteiger partial charge is 0.473 e. The van der Waals surface area contributed by atoms with Crippen molar-refractivity contribution < 1.29 is 4.74 Å². The van der Waals surface area contributed by atoms with Crippen LogP contribution >= 0.6 is 23.1 Å². The molecular formula is C15H17ClN2OS. The number of hydrogen-bond acceptors (Lipinski definition) is 4. The van der Waals surface area contributed by atoms with Crippen LogP contribution in [0.25, 0.3) is 10.1 Å². The molecule has 0 saturated carbocycles. The van der Waals surface area contributed by atoms with Crippen molar-refractivity contribution in [2.45, 2.75) is 50.3 Å². The van der Waals surface area contributed by atoms with Crippen molar-refractivity contribution >= 4 is 33.2 Å². The zero-order chi connectivity index (χ0) is 13.5. The lowest BCUT2D eigenvalue weighted by atomic mass is 9.85. The molecular weight excluding hydrogens is 292 g/mol. The highest BCUT2D eigenvalue weighted by molar-refractivity contribution is 7.13. The summed E-state index contributed by atoms with van der Waals surface area (Å²) in [6.07, 6.45) is 6.42. The second-order valence-electron chi connectivity index (χ2n) is 5.83. The zero-order valence-electron chi connectivity index (χ0n) is 11.1. The number of hydrogen-bond donors (Lipinski definition) is 1. The van der Waals surface area contributed by atoms with Crippen LogP contribution in [0.2, 0.25) is 5.02 Å². The minimum Gasteiger partial charge on any atom is -0.473 e. The molecule has 3 heterocycles. The molecule has 2 unspecified atom stereocenters. The number of nitrogens with one attached hydrogen (secondary N) is 1. The number of rotatable bonds is 2. The number of benzene rings is 1. The van der Waals surface area contributed by atoms with E-state index in [1.54, 1.807) is 0 Å². The average molecular weight is 309 g/mol. The average Bonchev–Trinajstić information content (AvgIpc) is 2.80. The lowest BCUT2D eigenvalue weighted by molar-refractivity contribution is 0.0911. The van der Waals surface area contributed by atoms with E-state index in [1.165, 1.54) is 30.8 Å². The van der Waals surface area contributed by atoms with Gasteiger partial charge < -0.3 is 10.1 Å². The predicted molar refractivity (Wildman–Crippen MR) is 82.8 cm³/mol. The maximum atomic E-state index is 6.20. The van der Waals surface area contributed by atoms with Crippen molar-refractivity contribution in [2.24, 2.45) is 0 Å². The second-order valence-corrected chi connectivity index (χ2v) is 7.07. The fraction of sp³-hybridized carbons (Fsp3) is 0.533. The van der Waals surface area contributed by atoms with E-state index >= 15 is 0 Å². The van der Waals surface area contributed by atoms with Gasteiger partial charge in [0.25, 0.3) is 0 Å². The SMILES string of the molecule is Clc1ccc2c(OC3CC4CCCC(C3)N4)nsc2c1. The van der Waals surface area contributed by atoms with E-state index in [0.717, 1.165) is 33.8 Å². The molecule has 2 fully saturated rings. The van der Waals surface area contributed by atoms with Gasteiger partial charge in [-0.2, -0.15) is 4.37 Å². The van der Waals surface area contributed by atoms with E-state index < -0.39 is 0 Å². The van der Waals surface area contributed by atoms with Gasteiger partial charge in [-0.15, -0.1) is 0 Å². The third-order valence-corrected chi connectivity index (χ3v) is 5.38. The van der Waals surface area contributed by atoms with E-state index in [9.17, 15) is 0 Å². The number of aromatic nitrogens is 1. The van der Waals surface area contributed by atoms with Crippen LogP contribution in [-0.4, -0.2) is 22.6 Å². The lowest BCUT2D eigenvalue weighted by Crippen LogP contribution is -2.51. The van der Waals surface area contributed by atoms with Crippen molar-refractivity contribution in [2.75, 3.05) is 0 Å². The lowest BCUT2D eigenvalue weighted by Gasteiger charge is -2.39. The van der Waals surface area contributed by atoms with E-state index in [2.05, 4.69) is 9.69 Å². The molecule has 2 aliphatic heterocycles. The Labute approximate surface area is 127 Å². The molecule has 0 radical (unpaired) electrons. The molecule has 0 spiro atoms. The molecule has 2 bridgehead atoms. The van der Waals surface area contributed by atoms with E-state index in [0.29, 0.717) is 18.2 Å². The minimum atomic E-state index is 0.299. The van der Waals surface area contributed by atoms with Crippen molar-refractivity contribution in [3.8, 4) is 5.88 Å². The van der Waals surface area contributed by atoms with Crippen molar-refractivity contribution in [3.05, 3.63) is 23.2 Å². The molecule has 20 heavy (non-hydrogen) atoms. The molecule has 4 rings (SSSR count). The van der Waals surface area contributed by atoms with Gasteiger partial charge in [-0.3, -0.25) is 0 Å². The van der Waals surface area contributed by atoms with E-state index in [-0.39, 0.29) is 0 Å². The Hall–Kier alpha value is -0.840. The van der Waals surface area contributed by atoms with Crippen LogP contribution in [0.5, 0.6) is 5.88 Å². The monoisotopic (exact) mass is 308 g/mol. The molecule has 2 aromatic rings. The minimum absolute atomic E-state index is 0.299. The molecule has 2 saturated heterocycles. The first kappa shape index (κ1) is 12.9. The molecule has 5 heteroatoms. The summed E-state index contributed by atoms with van der Waals surface area (Å²) in [5.74, 6) is 0.784. The van der Waals surface area contributed by atoms with E-state index in [1.807, 2.05) is 18.2 Å². The van der Waals surface area contributed by atoms with Crippen LogP contribution < -0.4 is 10.1 Å². The Bertz CT molecular complexity index is 617. The summed E-state index contributed by atoms with van der Waals surface area (Å²) in [6, 6.07) is 7.14. The molecule has 1 aromatic heterocycles. The molecule has 2 atom stereocenters. The number of nitrogens with zero attached hydrogens (tertiary/aromatic N) is 1. The number of fused-ring (bicyclic) bond motifs is 3. The summed E-state index contributed by atoms with van der Waals surface area (Å²) in [5, 5.41) is 5.53. The van der Waals surface area contributed by atoms with Gasteiger partial charge >= 0.3 is 0 Å². The summed E-state index contributed by atoms with van der Waals surface area (Å²) >= 11 is 7.48. The summed E-state index contributed by atoms with van der Waals surface area (Å²) in [5.41, 5.74) is 0. The van der Waals surface area contributed by atoms with Crippen LogP contribution in [0, 0.1) is 0 Å². The molecule has 3 nitrogen and oxygen atoms in total. The molecule has 0 aliphatic carbocycles. The Kier molecular flexibility index (Phi) is 3.33. The molecule has 1 N–H and O–H groups in total. The van der Waals surface area contributed by atoms with Crippen molar-refractivity contribution in [3.63, 3.8) is 0 Å². The van der Waals surface area contributed by atoms with Gasteiger partial charge in [-0.25, -0.2) is 0 Å². The summed E-state index contributed by atoms with van der Waals surface area (Å²) in [6.45, 7) is 0. The highest BCUT2D eigenvalue weighted by atomic mass is 35.5. The highest BCUT2D eigenvalue weighted by Crippen LogP contribution is 2.34. The number of halogens is 1. The smallest absolute Gasteiger partial charge is 0.233 e. The van der Waals surface area contributed by atoms with Gasteiger partial charge in [-0.1, -0.05) is 18.0 Å². The van der Waals surface area contributed by atoms with Crippen LogP contribution in [0.4, 0.5) is 0 Å². The summed E-state index contributed by atoms with van der Waals surface area (Å²) in [7, 11) is 0. The van der Waals surface area contributed by atoms with Gasteiger partial charge in [0, 0.05) is 17.1 Å². The Balaban J connectivity index is 1.55. The third-order valence-electron chi connectivity index (χ3n) is 4.35. The second kappa shape index (κ2) is 5.17. The van der Waals surface area contributed by atoms with Gasteiger partial charge in [0.2, 0.25) is 5.88 Å². The Morgan fingerprint density at radius 3 is 2.85 bits per heavy atom. The number of ether oxygens (including phenoxy) is 1. The summed E-state index contributed by atoms with van der Waals surface area (Å²) < 4.78 is 11.8. The normalized spacial score (nSPS) is 29.6. The van der Waals surface area contributed by atoms with Gasteiger partial charge in [-0.05, 0) is 55.4 Å². The molecule has 1 aromatic carbocycles. The van der Waals surface area contributed by atoms with Crippen molar-refractivity contribution in [1.82, 2.24) is 9.69 Å². The zero-order valence-corrected chi connectivity index (χ0v) is 12.7. The fourth-order valence-electron chi connectivity index (χ4n) is 3.44. The molecule has 2 aliphatic rings. The quantitative estimate of drug-likeness (QED) is 0.910. The predicted octanol–water partition coefficient (Wildman–Crippen LogP) is 4.00. The van der Waals surface area contributed by atoms with Crippen LogP contribution in [0.3, 0.4) is 0 Å². The summed E-state index contributed by atoms with van der Waals surface area (Å²) in [4.78, 5) is 0. The molecule has 106 valence electrons. The Morgan fingerprint density at radius 2 is 2.05 bits per heavy atom. The topological polar surface area (TPSA) is 34.1 Å². The highest BCUT2D eigenvalue weighted by Gasteiger charge is 2.32. The maximum Gasteiger partial charge on any atom is 0.233 e. The van der Waals surface area contributed by atoms with Gasteiger partial charge in [0.15, 0.2) is 0 Å².